The molecular weight excluding hydrogens is 390 g/mol. The van der Waals surface area contributed by atoms with Crippen LogP contribution in [-0.4, -0.2) is 43.9 Å². The number of amides is 1. The lowest BCUT2D eigenvalue weighted by Crippen LogP contribution is -2.48. The smallest absolute Gasteiger partial charge is 0.255 e. The van der Waals surface area contributed by atoms with Gasteiger partial charge in [0.05, 0.1) is 22.8 Å². The van der Waals surface area contributed by atoms with Crippen molar-refractivity contribution in [3.8, 4) is 0 Å². The van der Waals surface area contributed by atoms with E-state index in [1.54, 1.807) is 13.8 Å². The summed E-state index contributed by atoms with van der Waals surface area (Å²) in [5, 5.41) is 2.33. The van der Waals surface area contributed by atoms with Gasteiger partial charge >= 0.3 is 0 Å². The molecule has 2 unspecified atom stereocenters. The van der Waals surface area contributed by atoms with Crippen molar-refractivity contribution in [2.75, 3.05) is 18.4 Å². The Hall–Kier alpha value is -2.36. The zero-order valence-corrected chi connectivity index (χ0v) is 16.2. The Bertz CT molecular complexity index is 970. The molecule has 0 spiro atoms. The highest BCUT2D eigenvalue weighted by Gasteiger charge is 2.32. The van der Waals surface area contributed by atoms with Crippen LogP contribution in [0.4, 0.5) is 14.5 Å². The average Bonchev–Trinajstić information content (AvgIpc) is 2.63. The summed E-state index contributed by atoms with van der Waals surface area (Å²) >= 11 is 0. The quantitative estimate of drug-likeness (QED) is 0.841. The van der Waals surface area contributed by atoms with E-state index in [0.717, 1.165) is 12.1 Å². The van der Waals surface area contributed by atoms with E-state index in [2.05, 4.69) is 5.32 Å². The lowest BCUT2D eigenvalue weighted by atomic mass is 10.2. The van der Waals surface area contributed by atoms with Gasteiger partial charge in [-0.05, 0) is 50.2 Å². The topological polar surface area (TPSA) is 75.7 Å². The Morgan fingerprint density at radius 1 is 1.07 bits per heavy atom. The maximum atomic E-state index is 13.7. The van der Waals surface area contributed by atoms with E-state index in [1.165, 1.54) is 28.6 Å². The zero-order valence-electron chi connectivity index (χ0n) is 15.4. The Morgan fingerprint density at radius 3 is 2.25 bits per heavy atom. The molecule has 1 aliphatic heterocycles. The predicted octanol–water partition coefficient (Wildman–Crippen LogP) is 3.02. The summed E-state index contributed by atoms with van der Waals surface area (Å²) in [7, 11) is -3.72. The summed E-state index contributed by atoms with van der Waals surface area (Å²) in [4.78, 5) is 12.3. The van der Waals surface area contributed by atoms with Crippen LogP contribution in [0.5, 0.6) is 0 Å². The molecule has 28 heavy (non-hydrogen) atoms. The number of ether oxygens (including phenoxy) is 1. The first-order valence-corrected chi connectivity index (χ1v) is 10.1. The maximum Gasteiger partial charge on any atom is 0.255 e. The van der Waals surface area contributed by atoms with Crippen LogP contribution in [0.2, 0.25) is 0 Å². The minimum atomic E-state index is -3.72. The number of nitrogens with zero attached hydrogens (tertiary/aromatic N) is 1. The highest BCUT2D eigenvalue weighted by Crippen LogP contribution is 2.22. The van der Waals surface area contributed by atoms with Crippen LogP contribution in [0.15, 0.2) is 47.4 Å². The molecule has 1 N–H and O–H groups in total. The van der Waals surface area contributed by atoms with Crippen LogP contribution in [0.25, 0.3) is 0 Å². The van der Waals surface area contributed by atoms with E-state index in [-0.39, 0.29) is 41.4 Å². The number of rotatable bonds is 4. The van der Waals surface area contributed by atoms with Crippen molar-refractivity contribution in [3.05, 3.63) is 59.7 Å². The summed E-state index contributed by atoms with van der Waals surface area (Å²) in [5.74, 6) is -2.29. The van der Waals surface area contributed by atoms with Gasteiger partial charge in [-0.25, -0.2) is 17.2 Å². The molecule has 0 saturated carbocycles. The van der Waals surface area contributed by atoms with Crippen molar-refractivity contribution in [2.45, 2.75) is 31.0 Å². The van der Waals surface area contributed by atoms with Crippen molar-refractivity contribution < 1.29 is 26.7 Å². The van der Waals surface area contributed by atoms with Crippen molar-refractivity contribution in [1.82, 2.24) is 4.31 Å². The number of carbonyl (C=O) groups excluding carboxylic acids is 1. The predicted molar refractivity (Wildman–Crippen MR) is 99.5 cm³/mol. The first kappa shape index (κ1) is 20.4. The number of hydrogen-bond donors (Lipinski definition) is 1. The van der Waals surface area contributed by atoms with E-state index in [0.29, 0.717) is 6.07 Å². The Kier molecular flexibility index (Phi) is 5.78. The largest absolute Gasteiger partial charge is 0.373 e. The van der Waals surface area contributed by atoms with Crippen LogP contribution in [0, 0.1) is 11.6 Å². The third-order valence-electron chi connectivity index (χ3n) is 4.32. The second-order valence-corrected chi connectivity index (χ2v) is 8.62. The number of benzene rings is 2. The van der Waals surface area contributed by atoms with Gasteiger partial charge < -0.3 is 10.1 Å². The molecule has 3 rings (SSSR count). The molecule has 1 saturated heterocycles. The number of morpholine rings is 1. The number of halogens is 2. The van der Waals surface area contributed by atoms with Crippen molar-refractivity contribution in [1.29, 1.82) is 0 Å². The van der Waals surface area contributed by atoms with Gasteiger partial charge in [-0.3, -0.25) is 4.79 Å². The molecule has 1 aliphatic rings. The number of hydrogen-bond acceptors (Lipinski definition) is 4. The van der Waals surface area contributed by atoms with Gasteiger partial charge in [0.25, 0.3) is 5.91 Å². The summed E-state index contributed by atoms with van der Waals surface area (Å²) in [6, 6.07) is 8.15. The van der Waals surface area contributed by atoms with Crippen LogP contribution in [0.1, 0.15) is 24.2 Å². The van der Waals surface area contributed by atoms with Crippen molar-refractivity contribution in [2.24, 2.45) is 0 Å². The van der Waals surface area contributed by atoms with E-state index < -0.39 is 27.6 Å². The van der Waals surface area contributed by atoms with Crippen LogP contribution in [0.3, 0.4) is 0 Å². The molecule has 0 aliphatic carbocycles. The van der Waals surface area contributed by atoms with E-state index in [9.17, 15) is 22.0 Å². The summed E-state index contributed by atoms with van der Waals surface area (Å²) in [6.07, 6.45) is -0.427. The minimum absolute atomic E-state index is 0.0540. The van der Waals surface area contributed by atoms with Gasteiger partial charge in [-0.15, -0.1) is 0 Å². The molecule has 0 aromatic heterocycles. The fraction of sp³-hybridized carbons (Fsp3) is 0.316. The van der Waals surface area contributed by atoms with Crippen LogP contribution < -0.4 is 5.32 Å². The monoisotopic (exact) mass is 410 g/mol. The minimum Gasteiger partial charge on any atom is -0.373 e. The Morgan fingerprint density at radius 2 is 1.68 bits per heavy atom. The highest BCUT2D eigenvalue weighted by molar-refractivity contribution is 7.89. The second-order valence-electron chi connectivity index (χ2n) is 6.68. The fourth-order valence-corrected chi connectivity index (χ4v) is 4.63. The van der Waals surface area contributed by atoms with Crippen LogP contribution in [-0.2, 0) is 14.8 Å². The summed E-state index contributed by atoms with van der Waals surface area (Å²) in [6.45, 7) is 4.11. The first-order valence-electron chi connectivity index (χ1n) is 8.69. The SMILES string of the molecule is CC1CN(S(=O)(=O)c2ccc(C(=O)Nc3ccc(F)cc3F)cc2)CC(C)O1. The summed E-state index contributed by atoms with van der Waals surface area (Å²) in [5.41, 5.74) is -0.0224. The molecule has 0 radical (unpaired) electrons. The number of nitrogens with one attached hydrogen (secondary N) is 1. The van der Waals surface area contributed by atoms with Gasteiger partial charge in [0.15, 0.2) is 0 Å². The molecular formula is C19H20F2N2O4S. The molecule has 150 valence electrons. The van der Waals surface area contributed by atoms with E-state index in [1.807, 2.05) is 0 Å². The van der Waals surface area contributed by atoms with Crippen LogP contribution >= 0.6 is 0 Å². The number of sulfonamides is 1. The standard InChI is InChI=1S/C19H20F2N2O4S/c1-12-10-23(11-13(2)27-12)28(25,26)16-6-3-14(4-7-16)19(24)22-18-8-5-15(20)9-17(18)21/h3-9,12-13H,10-11H2,1-2H3,(H,22,24). The maximum absolute atomic E-state index is 13.7. The van der Waals surface area contributed by atoms with Gasteiger partial charge in [0.1, 0.15) is 11.6 Å². The highest BCUT2D eigenvalue weighted by atomic mass is 32.2. The van der Waals surface area contributed by atoms with Crippen molar-refractivity contribution >= 4 is 21.6 Å². The first-order chi connectivity index (χ1) is 13.2. The van der Waals surface area contributed by atoms with Gasteiger partial charge in [-0.1, -0.05) is 0 Å². The Balaban J connectivity index is 1.76. The Labute approximate surface area is 162 Å². The number of carbonyl (C=O) groups is 1. The third kappa shape index (κ3) is 4.37. The lowest BCUT2D eigenvalue weighted by molar-refractivity contribution is -0.0440. The average molecular weight is 410 g/mol. The summed E-state index contributed by atoms with van der Waals surface area (Å²) < 4.78 is 59.1. The molecule has 9 heteroatoms. The van der Waals surface area contributed by atoms with Gasteiger partial charge in [0, 0.05) is 24.7 Å². The van der Waals surface area contributed by atoms with Crippen molar-refractivity contribution in [3.63, 3.8) is 0 Å². The number of anilines is 1. The third-order valence-corrected chi connectivity index (χ3v) is 6.17. The molecule has 0 bridgehead atoms. The molecule has 1 fully saturated rings. The normalized spacial score (nSPS) is 20.7. The van der Waals surface area contributed by atoms with Gasteiger partial charge in [-0.2, -0.15) is 4.31 Å². The molecule has 6 nitrogen and oxygen atoms in total. The second kappa shape index (κ2) is 7.94. The molecule has 2 aromatic carbocycles. The molecule has 1 heterocycles. The van der Waals surface area contributed by atoms with E-state index in [4.69, 9.17) is 4.74 Å². The zero-order chi connectivity index (χ0) is 20.5. The molecule has 1 amide bonds. The molecule has 2 atom stereocenters. The fourth-order valence-electron chi connectivity index (χ4n) is 3.04. The lowest BCUT2D eigenvalue weighted by Gasteiger charge is -2.34. The van der Waals surface area contributed by atoms with E-state index >= 15 is 0 Å². The van der Waals surface area contributed by atoms with Gasteiger partial charge in [0.2, 0.25) is 10.0 Å². The molecule has 2 aromatic rings.